The molecule has 0 aliphatic heterocycles. The lowest BCUT2D eigenvalue weighted by Crippen LogP contribution is -2.21. The van der Waals surface area contributed by atoms with Crippen molar-refractivity contribution < 1.29 is 9.53 Å². The minimum Gasteiger partial charge on any atom is -0.488 e. The zero-order valence-corrected chi connectivity index (χ0v) is 14.2. The van der Waals surface area contributed by atoms with Crippen LogP contribution in [-0.4, -0.2) is 5.78 Å². The first-order valence-corrected chi connectivity index (χ1v) is 7.84. The van der Waals surface area contributed by atoms with E-state index in [1.165, 1.54) is 0 Å². The summed E-state index contributed by atoms with van der Waals surface area (Å²) in [5.74, 6) is 0.471. The van der Waals surface area contributed by atoms with Gasteiger partial charge in [0.25, 0.3) is 0 Å². The van der Waals surface area contributed by atoms with Gasteiger partial charge in [-0.05, 0) is 17.7 Å². The maximum Gasteiger partial charge on any atom is 0.178 e. The molecule has 2 rings (SSSR count). The van der Waals surface area contributed by atoms with Crippen LogP contribution in [0, 0.1) is 16.7 Å². The molecular formula is C21H21NO2. The number of hydrogen-bond donors (Lipinski definition) is 0. The van der Waals surface area contributed by atoms with Gasteiger partial charge in [-0.3, -0.25) is 4.79 Å². The molecule has 0 spiro atoms. The number of nitrogens with zero attached hydrogens (tertiary/aromatic N) is 1. The summed E-state index contributed by atoms with van der Waals surface area (Å²) in [6, 6.07) is 19.3. The predicted molar refractivity (Wildman–Crippen MR) is 95.3 cm³/mol. The molecule has 0 amide bonds. The number of carbonyl (C=O) groups is 1. The Hall–Kier alpha value is -2.86. The Bertz CT molecular complexity index is 777. The number of Topliss-reactive ketones (excluding diaryl/α,β-unsaturated/α-hetero) is 1. The Balaban J connectivity index is 2.26. The molecule has 0 aliphatic rings. The topological polar surface area (TPSA) is 50.1 Å². The Morgan fingerprint density at radius 2 is 1.71 bits per heavy atom. The molecule has 0 atom stereocenters. The second-order valence-electron chi connectivity index (χ2n) is 6.56. The lowest BCUT2D eigenvalue weighted by molar-refractivity contribution is -0.121. The van der Waals surface area contributed by atoms with Crippen LogP contribution in [-0.2, 0) is 11.4 Å². The third-order valence-corrected chi connectivity index (χ3v) is 3.50. The molecule has 0 heterocycles. The SMILES string of the molecule is CC(C)(C)C(=O)C(C#N)=Cc1ccccc1OCc1ccccc1. The molecule has 0 saturated heterocycles. The first-order chi connectivity index (χ1) is 11.4. The maximum absolute atomic E-state index is 12.4. The molecule has 0 radical (unpaired) electrons. The van der Waals surface area contributed by atoms with Gasteiger partial charge in [-0.15, -0.1) is 0 Å². The first kappa shape index (κ1) is 17.5. The summed E-state index contributed by atoms with van der Waals surface area (Å²) in [6.45, 7) is 5.84. The number of allylic oxidation sites excluding steroid dienone is 1. The van der Waals surface area contributed by atoms with Crippen molar-refractivity contribution in [3.05, 3.63) is 71.3 Å². The maximum atomic E-state index is 12.4. The van der Waals surface area contributed by atoms with Gasteiger partial charge >= 0.3 is 0 Å². The molecule has 0 fully saturated rings. The van der Waals surface area contributed by atoms with Crippen molar-refractivity contribution in [3.63, 3.8) is 0 Å². The number of benzene rings is 2. The molecule has 2 aromatic rings. The highest BCUT2D eigenvalue weighted by Crippen LogP contribution is 2.25. The number of para-hydroxylation sites is 1. The molecule has 0 aliphatic carbocycles. The Labute approximate surface area is 143 Å². The summed E-state index contributed by atoms with van der Waals surface area (Å²) in [6.07, 6.45) is 1.61. The van der Waals surface area contributed by atoms with E-state index in [4.69, 9.17) is 4.74 Å². The summed E-state index contributed by atoms with van der Waals surface area (Å²) in [4.78, 5) is 12.4. The monoisotopic (exact) mass is 319 g/mol. The molecular weight excluding hydrogens is 298 g/mol. The highest BCUT2D eigenvalue weighted by atomic mass is 16.5. The number of hydrogen-bond acceptors (Lipinski definition) is 3. The summed E-state index contributed by atoms with van der Waals surface area (Å²) < 4.78 is 5.87. The summed E-state index contributed by atoms with van der Waals surface area (Å²) in [7, 11) is 0. The van der Waals surface area contributed by atoms with Crippen molar-refractivity contribution in [3.8, 4) is 11.8 Å². The van der Waals surface area contributed by atoms with E-state index in [1.54, 1.807) is 26.8 Å². The second kappa shape index (κ2) is 7.61. The third kappa shape index (κ3) is 4.57. The highest BCUT2D eigenvalue weighted by molar-refractivity contribution is 6.06. The van der Waals surface area contributed by atoms with Gasteiger partial charge in [-0.25, -0.2) is 0 Å². The van der Waals surface area contributed by atoms with Crippen molar-refractivity contribution in [2.75, 3.05) is 0 Å². The molecule has 24 heavy (non-hydrogen) atoms. The van der Waals surface area contributed by atoms with Crippen LogP contribution in [0.15, 0.2) is 60.2 Å². The molecule has 3 heteroatoms. The van der Waals surface area contributed by atoms with Gasteiger partial charge < -0.3 is 4.74 Å². The average Bonchev–Trinajstić information content (AvgIpc) is 2.58. The minimum atomic E-state index is -0.596. The fourth-order valence-electron chi connectivity index (χ4n) is 2.17. The number of nitriles is 1. The zero-order valence-electron chi connectivity index (χ0n) is 14.2. The van der Waals surface area contributed by atoms with Crippen molar-refractivity contribution >= 4 is 11.9 Å². The fraction of sp³-hybridized carbons (Fsp3) is 0.238. The van der Waals surface area contributed by atoms with Crippen LogP contribution >= 0.6 is 0 Å². The molecule has 0 saturated carbocycles. The van der Waals surface area contributed by atoms with Crippen molar-refractivity contribution in [2.45, 2.75) is 27.4 Å². The van der Waals surface area contributed by atoms with E-state index in [9.17, 15) is 10.1 Å². The van der Waals surface area contributed by atoms with Crippen LogP contribution in [0.2, 0.25) is 0 Å². The largest absolute Gasteiger partial charge is 0.488 e. The molecule has 0 bridgehead atoms. The van der Waals surface area contributed by atoms with E-state index in [1.807, 2.05) is 60.7 Å². The Kier molecular flexibility index (Phi) is 5.55. The molecule has 3 nitrogen and oxygen atoms in total. The molecule has 2 aromatic carbocycles. The number of carbonyl (C=O) groups excluding carboxylic acids is 1. The Morgan fingerprint density at radius 3 is 2.33 bits per heavy atom. The normalized spacial score (nSPS) is 11.7. The van der Waals surface area contributed by atoms with E-state index < -0.39 is 5.41 Å². The zero-order chi connectivity index (χ0) is 17.6. The molecule has 0 N–H and O–H groups in total. The van der Waals surface area contributed by atoms with Gasteiger partial charge in [0, 0.05) is 11.0 Å². The van der Waals surface area contributed by atoms with E-state index in [0.717, 1.165) is 11.1 Å². The third-order valence-electron chi connectivity index (χ3n) is 3.50. The summed E-state index contributed by atoms with van der Waals surface area (Å²) >= 11 is 0. The lowest BCUT2D eigenvalue weighted by atomic mass is 9.86. The molecule has 0 unspecified atom stereocenters. The second-order valence-corrected chi connectivity index (χ2v) is 6.56. The van der Waals surface area contributed by atoms with E-state index >= 15 is 0 Å². The summed E-state index contributed by atoms with van der Waals surface area (Å²) in [5, 5.41) is 9.34. The first-order valence-electron chi connectivity index (χ1n) is 7.84. The van der Waals surface area contributed by atoms with Crippen LogP contribution < -0.4 is 4.74 Å². The van der Waals surface area contributed by atoms with Crippen LogP contribution in [0.3, 0.4) is 0 Å². The smallest absolute Gasteiger partial charge is 0.178 e. The van der Waals surface area contributed by atoms with E-state index in [0.29, 0.717) is 12.4 Å². The van der Waals surface area contributed by atoms with Crippen LogP contribution in [0.5, 0.6) is 5.75 Å². The van der Waals surface area contributed by atoms with Gasteiger partial charge in [-0.2, -0.15) is 5.26 Å². The summed E-state index contributed by atoms with van der Waals surface area (Å²) in [5.41, 5.74) is 1.32. The number of ether oxygens (including phenoxy) is 1. The quantitative estimate of drug-likeness (QED) is 0.588. The van der Waals surface area contributed by atoms with Crippen LogP contribution in [0.25, 0.3) is 6.08 Å². The highest BCUT2D eigenvalue weighted by Gasteiger charge is 2.25. The van der Waals surface area contributed by atoms with E-state index in [2.05, 4.69) is 0 Å². The number of ketones is 1. The Morgan fingerprint density at radius 1 is 1.08 bits per heavy atom. The lowest BCUT2D eigenvalue weighted by Gasteiger charge is -2.16. The van der Waals surface area contributed by atoms with Crippen LogP contribution in [0.1, 0.15) is 31.9 Å². The average molecular weight is 319 g/mol. The molecule has 122 valence electrons. The van der Waals surface area contributed by atoms with E-state index in [-0.39, 0.29) is 11.4 Å². The van der Waals surface area contributed by atoms with Crippen LogP contribution in [0.4, 0.5) is 0 Å². The number of rotatable bonds is 5. The van der Waals surface area contributed by atoms with Gasteiger partial charge in [0.1, 0.15) is 18.4 Å². The molecule has 0 aromatic heterocycles. The van der Waals surface area contributed by atoms with Crippen molar-refractivity contribution in [1.82, 2.24) is 0 Å². The van der Waals surface area contributed by atoms with Gasteiger partial charge in [0.2, 0.25) is 0 Å². The minimum absolute atomic E-state index is 0.137. The van der Waals surface area contributed by atoms with Crippen molar-refractivity contribution in [2.24, 2.45) is 5.41 Å². The standard InChI is InChI=1S/C21H21NO2/c1-21(2,3)20(23)18(14-22)13-17-11-7-8-12-19(17)24-15-16-9-5-4-6-10-16/h4-13H,15H2,1-3H3. The van der Waals surface area contributed by atoms with Gasteiger partial charge in [0.05, 0.1) is 5.57 Å². The van der Waals surface area contributed by atoms with Gasteiger partial charge in [-0.1, -0.05) is 69.3 Å². The predicted octanol–water partition coefficient (Wildman–Crippen LogP) is 4.79. The van der Waals surface area contributed by atoms with Gasteiger partial charge in [0.15, 0.2) is 5.78 Å². The van der Waals surface area contributed by atoms with Crippen molar-refractivity contribution in [1.29, 1.82) is 5.26 Å². The fourth-order valence-corrected chi connectivity index (χ4v) is 2.17.